The number of carbonyl (C=O) groups is 3. The summed E-state index contributed by atoms with van der Waals surface area (Å²) in [6, 6.07) is 3.38. The maximum absolute atomic E-state index is 15.2. The first kappa shape index (κ1) is 33.9. The molecule has 0 saturated carbocycles. The van der Waals surface area contributed by atoms with Crippen LogP contribution in [0.1, 0.15) is 65.3 Å². The van der Waals surface area contributed by atoms with Crippen molar-refractivity contribution in [2.45, 2.75) is 58.8 Å². The van der Waals surface area contributed by atoms with Gasteiger partial charge in [0.1, 0.15) is 11.6 Å². The van der Waals surface area contributed by atoms with Gasteiger partial charge in [-0.3, -0.25) is 19.2 Å². The summed E-state index contributed by atoms with van der Waals surface area (Å²) >= 11 is 0. The normalized spacial score (nSPS) is 13.0. The number of aryl methyl sites for hydroxylation is 3. The highest BCUT2D eigenvalue weighted by Crippen LogP contribution is 2.37. The van der Waals surface area contributed by atoms with Crippen LogP contribution in [-0.4, -0.2) is 33.5 Å². The van der Waals surface area contributed by atoms with Crippen molar-refractivity contribution in [3.63, 3.8) is 0 Å². The van der Waals surface area contributed by atoms with Crippen LogP contribution in [0.3, 0.4) is 0 Å². The van der Waals surface area contributed by atoms with Crippen molar-refractivity contribution >= 4 is 17.8 Å². The lowest BCUT2D eigenvalue weighted by Gasteiger charge is -2.25. The van der Waals surface area contributed by atoms with Crippen molar-refractivity contribution in [2.75, 3.05) is 0 Å². The van der Waals surface area contributed by atoms with Gasteiger partial charge in [0.05, 0.1) is 18.0 Å². The maximum Gasteiger partial charge on any atom is 0.416 e. The van der Waals surface area contributed by atoms with Crippen LogP contribution in [0.4, 0.5) is 22.0 Å². The van der Waals surface area contributed by atoms with Gasteiger partial charge in [0.25, 0.3) is 11.5 Å². The number of aliphatic carboxylic acids is 1. The lowest BCUT2D eigenvalue weighted by Crippen LogP contribution is -2.49. The fourth-order valence-electron chi connectivity index (χ4n) is 4.99. The number of hydrogen-bond donors (Lipinski definition) is 3. The first-order chi connectivity index (χ1) is 20.4. The van der Waals surface area contributed by atoms with Gasteiger partial charge in [0, 0.05) is 18.8 Å². The third-order valence-electron chi connectivity index (χ3n) is 6.97. The average molecular weight is 622 g/mol. The molecule has 0 aliphatic heterocycles. The molecule has 44 heavy (non-hydrogen) atoms. The lowest BCUT2D eigenvalue weighted by molar-refractivity contribution is -0.138. The Morgan fingerprint density at radius 2 is 1.61 bits per heavy atom. The number of pyridine rings is 1. The van der Waals surface area contributed by atoms with E-state index >= 15 is 4.39 Å². The van der Waals surface area contributed by atoms with Crippen LogP contribution >= 0.6 is 0 Å². The molecule has 0 aliphatic carbocycles. The number of nitrogens with one attached hydrogen (secondary N) is 2. The van der Waals surface area contributed by atoms with Gasteiger partial charge in [-0.2, -0.15) is 13.2 Å². The molecular weight excluding hydrogens is 589 g/mol. The molecule has 8 nitrogen and oxygen atoms in total. The van der Waals surface area contributed by atoms with Gasteiger partial charge in [0.2, 0.25) is 5.91 Å². The Morgan fingerprint density at radius 3 is 2.16 bits per heavy atom. The fraction of sp³-hybridized carbons (Fsp3) is 0.355. The van der Waals surface area contributed by atoms with Crippen molar-refractivity contribution < 1.29 is 41.4 Å². The molecule has 0 spiro atoms. The van der Waals surface area contributed by atoms with E-state index in [1.165, 1.54) is 43.8 Å². The Balaban J connectivity index is 2.04. The molecule has 1 aromatic heterocycles. The summed E-state index contributed by atoms with van der Waals surface area (Å²) in [6.45, 7) is 6.23. The zero-order valence-corrected chi connectivity index (χ0v) is 24.6. The molecule has 2 amide bonds. The number of benzene rings is 2. The quantitative estimate of drug-likeness (QED) is 0.261. The molecule has 0 radical (unpaired) electrons. The second-order valence-electron chi connectivity index (χ2n) is 11.0. The van der Waals surface area contributed by atoms with E-state index in [1.54, 1.807) is 13.8 Å². The predicted molar refractivity (Wildman–Crippen MR) is 152 cm³/mol. The van der Waals surface area contributed by atoms with E-state index in [9.17, 15) is 41.8 Å². The molecule has 1 heterocycles. The van der Waals surface area contributed by atoms with Crippen LogP contribution in [0.15, 0.2) is 47.4 Å². The lowest BCUT2D eigenvalue weighted by atomic mass is 9.90. The molecule has 13 heteroatoms. The Kier molecular flexibility index (Phi) is 10.3. The summed E-state index contributed by atoms with van der Waals surface area (Å²) in [6.07, 6.45) is -4.05. The summed E-state index contributed by atoms with van der Waals surface area (Å²) < 4.78 is 71.3. The van der Waals surface area contributed by atoms with Crippen LogP contribution in [0.5, 0.6) is 0 Å². The van der Waals surface area contributed by atoms with Crippen LogP contribution < -0.4 is 16.2 Å². The number of hydrogen-bond acceptors (Lipinski definition) is 4. The van der Waals surface area contributed by atoms with Crippen molar-refractivity contribution in [3.05, 3.63) is 92.4 Å². The van der Waals surface area contributed by atoms with E-state index in [-0.39, 0.29) is 40.2 Å². The highest BCUT2D eigenvalue weighted by molar-refractivity contribution is 5.97. The van der Waals surface area contributed by atoms with Gasteiger partial charge >= 0.3 is 12.1 Å². The van der Waals surface area contributed by atoms with Gasteiger partial charge in [-0.1, -0.05) is 13.8 Å². The minimum absolute atomic E-state index is 0.0285. The van der Waals surface area contributed by atoms with Gasteiger partial charge in [-0.25, -0.2) is 8.78 Å². The van der Waals surface area contributed by atoms with E-state index in [0.29, 0.717) is 0 Å². The van der Waals surface area contributed by atoms with E-state index in [1.807, 2.05) is 0 Å². The van der Waals surface area contributed by atoms with Crippen LogP contribution in [0.2, 0.25) is 0 Å². The van der Waals surface area contributed by atoms with Crippen LogP contribution in [0.25, 0.3) is 11.1 Å². The number of amides is 2. The maximum atomic E-state index is 15.2. The highest BCUT2D eigenvalue weighted by atomic mass is 19.4. The zero-order valence-electron chi connectivity index (χ0n) is 24.6. The number of halogens is 5. The fourth-order valence-corrected chi connectivity index (χ4v) is 4.99. The first-order valence-electron chi connectivity index (χ1n) is 13.6. The molecule has 0 saturated heterocycles. The topological polar surface area (TPSA) is 118 Å². The van der Waals surface area contributed by atoms with Crippen molar-refractivity contribution in [1.29, 1.82) is 0 Å². The van der Waals surface area contributed by atoms with E-state index in [0.717, 1.165) is 24.3 Å². The van der Waals surface area contributed by atoms with Gasteiger partial charge in [-0.15, -0.1) is 0 Å². The number of rotatable bonds is 10. The van der Waals surface area contributed by atoms with Gasteiger partial charge < -0.3 is 20.3 Å². The van der Waals surface area contributed by atoms with Crippen LogP contribution in [0, 0.1) is 31.4 Å². The monoisotopic (exact) mass is 621 g/mol. The number of carboxylic acids is 1. The Bertz CT molecular complexity index is 1630. The Morgan fingerprint density at radius 1 is 1.00 bits per heavy atom. The molecule has 2 aromatic carbocycles. The first-order valence-corrected chi connectivity index (χ1v) is 13.6. The van der Waals surface area contributed by atoms with Crippen molar-refractivity contribution in [2.24, 2.45) is 13.0 Å². The van der Waals surface area contributed by atoms with E-state index < -0.39 is 70.8 Å². The predicted octanol–water partition coefficient (Wildman–Crippen LogP) is 5.44. The summed E-state index contributed by atoms with van der Waals surface area (Å²) in [5, 5.41) is 14.4. The van der Waals surface area contributed by atoms with E-state index in [4.69, 9.17) is 0 Å². The van der Waals surface area contributed by atoms with Gasteiger partial charge in [0.15, 0.2) is 11.6 Å². The molecule has 236 valence electrons. The SMILES string of the molecule is Cc1cc(C(F)(F)F)cc(C)c1-c1cc(F)c(F)c([C@H](CC(=O)O)NC(=O)[C@H](CC(C)C)NC(=O)c2cccn(C)c2=O)c1. The standard InChI is InChI=1S/C31H32F5N3O5/c1-15(2)9-24(38-28(42)20-7-6-8-39(5)30(20)44)29(43)37-23(14-25(40)41)21-12-18(13-22(32)27(21)33)26-16(3)10-19(11-17(26)4)31(34,35)36/h6-8,10-13,15,23-24H,9,14H2,1-5H3,(H,37,43)(H,38,42)(H,40,41)/t23-,24-/m0/s1. The molecule has 3 aromatic rings. The van der Waals surface area contributed by atoms with Gasteiger partial charge in [-0.05, 0) is 84.8 Å². The van der Waals surface area contributed by atoms with E-state index in [2.05, 4.69) is 10.6 Å². The second-order valence-corrected chi connectivity index (χ2v) is 11.0. The number of aromatic nitrogens is 1. The number of carboxylic acid groups (broad SMARTS) is 1. The largest absolute Gasteiger partial charge is 0.481 e. The summed E-state index contributed by atoms with van der Waals surface area (Å²) in [7, 11) is 1.43. The number of carbonyl (C=O) groups excluding carboxylic acids is 2. The zero-order chi connectivity index (χ0) is 33.1. The molecule has 0 unspecified atom stereocenters. The van der Waals surface area contributed by atoms with Crippen molar-refractivity contribution in [3.8, 4) is 11.1 Å². The van der Waals surface area contributed by atoms with Crippen LogP contribution in [-0.2, 0) is 22.8 Å². The Hall–Kier alpha value is -4.55. The molecule has 0 bridgehead atoms. The smallest absolute Gasteiger partial charge is 0.416 e. The molecule has 3 N–H and O–H groups in total. The molecule has 2 atom stereocenters. The third kappa shape index (κ3) is 7.88. The summed E-state index contributed by atoms with van der Waals surface area (Å²) in [4.78, 5) is 50.5. The van der Waals surface area contributed by atoms with Crippen molar-refractivity contribution in [1.82, 2.24) is 15.2 Å². The third-order valence-corrected chi connectivity index (χ3v) is 6.97. The number of alkyl halides is 3. The minimum atomic E-state index is -4.64. The second kappa shape index (κ2) is 13.4. The molecule has 3 rings (SSSR count). The average Bonchev–Trinajstić information content (AvgIpc) is 2.89. The number of nitrogens with zero attached hydrogens (tertiary/aromatic N) is 1. The highest BCUT2D eigenvalue weighted by Gasteiger charge is 2.33. The summed E-state index contributed by atoms with van der Waals surface area (Å²) in [5.41, 5.74) is -1.99. The molecular formula is C31H32F5N3O5. The summed E-state index contributed by atoms with van der Waals surface area (Å²) in [5.74, 6) is -6.30. The molecule has 0 aliphatic rings. The Labute approximate surface area is 249 Å². The minimum Gasteiger partial charge on any atom is -0.481 e. The molecule has 0 fully saturated rings.